The summed E-state index contributed by atoms with van der Waals surface area (Å²) in [6, 6.07) is 4.70. The number of terminal acetylenes is 1. The minimum Gasteiger partial charge on any atom is -0.336 e. The Labute approximate surface area is 113 Å². The average Bonchev–Trinajstić information content (AvgIpc) is 2.39. The first kappa shape index (κ1) is 13.6. The van der Waals surface area contributed by atoms with Gasteiger partial charge in [0.05, 0.1) is 12.1 Å². The lowest BCUT2D eigenvalue weighted by Gasteiger charge is -2.33. The molecule has 1 fully saturated rings. The summed E-state index contributed by atoms with van der Waals surface area (Å²) < 4.78 is 13.8. The third kappa shape index (κ3) is 3.12. The molecule has 0 radical (unpaired) electrons. The topological polar surface area (TPSA) is 23.6 Å². The number of hydrogen-bond acceptors (Lipinski definition) is 2. The molecule has 0 unspecified atom stereocenters. The number of rotatable bonds is 2. The molecule has 0 saturated carbocycles. The average molecular weight is 260 g/mol. The van der Waals surface area contributed by atoms with E-state index >= 15 is 0 Å². The molecule has 1 aromatic carbocycles. The number of amides is 1. The Kier molecular flexibility index (Phi) is 4.18. The zero-order valence-corrected chi connectivity index (χ0v) is 11.0. The molecular formula is C15H17FN2O. The molecule has 3 nitrogen and oxygen atoms in total. The predicted molar refractivity (Wildman–Crippen MR) is 72.3 cm³/mol. The van der Waals surface area contributed by atoms with Gasteiger partial charge in [-0.15, -0.1) is 6.42 Å². The van der Waals surface area contributed by atoms with Crippen LogP contribution in [0.3, 0.4) is 0 Å². The number of aryl methyl sites for hydroxylation is 1. The fourth-order valence-electron chi connectivity index (χ4n) is 2.20. The maximum absolute atomic E-state index is 13.8. The quantitative estimate of drug-likeness (QED) is 0.753. The van der Waals surface area contributed by atoms with Gasteiger partial charge < -0.3 is 4.90 Å². The number of hydrogen-bond donors (Lipinski definition) is 0. The summed E-state index contributed by atoms with van der Waals surface area (Å²) in [6.45, 7) is 5.06. The lowest BCUT2D eigenvalue weighted by atomic mass is 10.1. The number of nitrogens with zero attached hydrogens (tertiary/aromatic N) is 2. The molecule has 0 aliphatic carbocycles. The van der Waals surface area contributed by atoms with E-state index in [0.29, 0.717) is 19.6 Å². The van der Waals surface area contributed by atoms with Crippen molar-refractivity contribution in [3.63, 3.8) is 0 Å². The van der Waals surface area contributed by atoms with Crippen molar-refractivity contribution in [1.29, 1.82) is 0 Å². The second kappa shape index (κ2) is 5.85. The summed E-state index contributed by atoms with van der Waals surface area (Å²) in [5.41, 5.74) is 0.962. The molecule has 2 rings (SSSR count). The molecule has 1 aliphatic heterocycles. The van der Waals surface area contributed by atoms with Crippen LogP contribution in [-0.2, 0) is 0 Å². The van der Waals surface area contributed by atoms with Gasteiger partial charge in [0.25, 0.3) is 5.91 Å². The molecule has 100 valence electrons. The first-order valence-corrected chi connectivity index (χ1v) is 6.33. The van der Waals surface area contributed by atoms with Gasteiger partial charge in [0.1, 0.15) is 5.82 Å². The van der Waals surface area contributed by atoms with Gasteiger partial charge in [-0.2, -0.15) is 0 Å². The van der Waals surface area contributed by atoms with Crippen molar-refractivity contribution in [2.45, 2.75) is 6.92 Å². The van der Waals surface area contributed by atoms with E-state index in [1.807, 2.05) is 0 Å². The summed E-state index contributed by atoms with van der Waals surface area (Å²) in [6.07, 6.45) is 5.26. The number of halogens is 1. The Bertz CT molecular complexity index is 513. The highest BCUT2D eigenvalue weighted by Crippen LogP contribution is 2.14. The van der Waals surface area contributed by atoms with E-state index in [4.69, 9.17) is 6.42 Å². The minimum atomic E-state index is -0.448. The standard InChI is InChI=1S/C15H17FN2O/c1-3-6-17-7-9-18(10-8-17)15(19)13-5-4-12(2)11-14(13)16/h1,4-5,11H,6-10H2,2H3. The molecule has 0 spiro atoms. The van der Waals surface area contributed by atoms with Crippen LogP contribution in [0.25, 0.3) is 0 Å². The number of carbonyl (C=O) groups is 1. The fraction of sp³-hybridized carbons (Fsp3) is 0.400. The molecule has 0 aromatic heterocycles. The van der Waals surface area contributed by atoms with Crippen molar-refractivity contribution >= 4 is 5.91 Å². The number of piperazine rings is 1. The van der Waals surface area contributed by atoms with Crippen LogP contribution in [0, 0.1) is 25.1 Å². The third-order valence-electron chi connectivity index (χ3n) is 3.33. The molecule has 4 heteroatoms. The number of benzene rings is 1. The molecule has 0 bridgehead atoms. The van der Waals surface area contributed by atoms with E-state index in [-0.39, 0.29) is 11.5 Å². The Morgan fingerprint density at radius 3 is 2.63 bits per heavy atom. The highest BCUT2D eigenvalue weighted by Gasteiger charge is 2.23. The first-order valence-electron chi connectivity index (χ1n) is 6.33. The SMILES string of the molecule is C#CCN1CCN(C(=O)c2ccc(C)cc2F)CC1. The molecule has 1 aliphatic rings. The van der Waals surface area contributed by atoms with Crippen molar-refractivity contribution in [3.8, 4) is 12.3 Å². The van der Waals surface area contributed by atoms with E-state index in [1.54, 1.807) is 24.0 Å². The van der Waals surface area contributed by atoms with Crippen molar-refractivity contribution in [3.05, 3.63) is 35.1 Å². The van der Waals surface area contributed by atoms with Gasteiger partial charge in [0, 0.05) is 26.2 Å². The van der Waals surface area contributed by atoms with Crippen LogP contribution >= 0.6 is 0 Å². The zero-order chi connectivity index (χ0) is 13.8. The van der Waals surface area contributed by atoms with E-state index in [0.717, 1.165) is 18.7 Å². The predicted octanol–water partition coefficient (Wildman–Crippen LogP) is 1.53. The normalized spacial score (nSPS) is 16.2. The Morgan fingerprint density at radius 1 is 1.37 bits per heavy atom. The van der Waals surface area contributed by atoms with Gasteiger partial charge in [-0.1, -0.05) is 12.0 Å². The van der Waals surface area contributed by atoms with E-state index in [2.05, 4.69) is 10.8 Å². The summed E-state index contributed by atoms with van der Waals surface area (Å²) in [5.74, 6) is 1.90. The van der Waals surface area contributed by atoms with Gasteiger partial charge in [-0.05, 0) is 24.6 Å². The molecule has 1 saturated heterocycles. The molecule has 19 heavy (non-hydrogen) atoms. The minimum absolute atomic E-state index is 0.149. The van der Waals surface area contributed by atoms with Crippen LogP contribution < -0.4 is 0 Å². The van der Waals surface area contributed by atoms with Crippen LogP contribution in [0.5, 0.6) is 0 Å². The van der Waals surface area contributed by atoms with Crippen LogP contribution in [-0.4, -0.2) is 48.4 Å². The number of carbonyl (C=O) groups excluding carboxylic acids is 1. The van der Waals surface area contributed by atoms with Crippen molar-refractivity contribution in [1.82, 2.24) is 9.80 Å². The second-order valence-electron chi connectivity index (χ2n) is 4.76. The molecule has 1 amide bonds. The molecule has 1 heterocycles. The molecule has 0 atom stereocenters. The van der Waals surface area contributed by atoms with E-state index < -0.39 is 5.82 Å². The summed E-state index contributed by atoms with van der Waals surface area (Å²) in [4.78, 5) is 16.0. The lowest BCUT2D eigenvalue weighted by molar-refractivity contribution is 0.0647. The van der Waals surface area contributed by atoms with Crippen molar-refractivity contribution < 1.29 is 9.18 Å². The van der Waals surface area contributed by atoms with Gasteiger partial charge in [-0.25, -0.2) is 4.39 Å². The van der Waals surface area contributed by atoms with Crippen LogP contribution in [0.1, 0.15) is 15.9 Å². The summed E-state index contributed by atoms with van der Waals surface area (Å²) in [5, 5.41) is 0. The maximum atomic E-state index is 13.8. The fourth-order valence-corrected chi connectivity index (χ4v) is 2.20. The largest absolute Gasteiger partial charge is 0.336 e. The van der Waals surface area contributed by atoms with E-state index in [9.17, 15) is 9.18 Å². The highest BCUT2D eigenvalue weighted by molar-refractivity contribution is 5.94. The summed E-state index contributed by atoms with van der Waals surface area (Å²) >= 11 is 0. The Balaban J connectivity index is 2.03. The zero-order valence-electron chi connectivity index (χ0n) is 11.0. The van der Waals surface area contributed by atoms with Gasteiger partial charge in [0.2, 0.25) is 0 Å². The highest BCUT2D eigenvalue weighted by atomic mass is 19.1. The van der Waals surface area contributed by atoms with Crippen molar-refractivity contribution in [2.75, 3.05) is 32.7 Å². The van der Waals surface area contributed by atoms with Crippen molar-refractivity contribution in [2.24, 2.45) is 0 Å². The van der Waals surface area contributed by atoms with Gasteiger partial charge in [-0.3, -0.25) is 9.69 Å². The first-order chi connectivity index (χ1) is 9.11. The van der Waals surface area contributed by atoms with Gasteiger partial charge in [0.15, 0.2) is 0 Å². The summed E-state index contributed by atoms with van der Waals surface area (Å²) in [7, 11) is 0. The lowest BCUT2D eigenvalue weighted by Crippen LogP contribution is -2.48. The van der Waals surface area contributed by atoms with Crippen LogP contribution in [0.15, 0.2) is 18.2 Å². The third-order valence-corrected chi connectivity index (χ3v) is 3.33. The molecular weight excluding hydrogens is 243 g/mol. The Morgan fingerprint density at radius 2 is 2.05 bits per heavy atom. The maximum Gasteiger partial charge on any atom is 0.256 e. The Hall–Kier alpha value is -1.86. The van der Waals surface area contributed by atoms with Gasteiger partial charge >= 0.3 is 0 Å². The molecule has 0 N–H and O–H groups in total. The smallest absolute Gasteiger partial charge is 0.256 e. The second-order valence-corrected chi connectivity index (χ2v) is 4.76. The van der Waals surface area contributed by atoms with E-state index in [1.165, 1.54) is 6.07 Å². The van der Waals surface area contributed by atoms with Crippen LogP contribution in [0.4, 0.5) is 4.39 Å². The van der Waals surface area contributed by atoms with Crippen LogP contribution in [0.2, 0.25) is 0 Å². The molecule has 1 aromatic rings. The monoisotopic (exact) mass is 260 g/mol.